The molecule has 0 aromatic heterocycles. The minimum Gasteiger partial charge on any atom is -0.366 e. The first-order valence-electron chi connectivity index (χ1n) is 6.74. The van der Waals surface area contributed by atoms with Gasteiger partial charge in [-0.15, -0.1) is 0 Å². The highest BCUT2D eigenvalue weighted by atomic mass is 33.1. The summed E-state index contributed by atoms with van der Waals surface area (Å²) >= 11 is 0. The number of nitrogens with two attached hydrogens (primary N) is 1. The molecule has 2 aromatic carbocycles. The van der Waals surface area contributed by atoms with Gasteiger partial charge in [-0.3, -0.25) is 9.52 Å². The maximum Gasteiger partial charge on any atom is 0.248 e. The van der Waals surface area contributed by atoms with Gasteiger partial charge in [0.05, 0.1) is 5.75 Å². The van der Waals surface area contributed by atoms with Crippen LogP contribution in [0.4, 0.5) is 5.69 Å². The number of nitrogens with one attached hydrogen (secondary N) is 1. The van der Waals surface area contributed by atoms with Gasteiger partial charge in [-0.2, -0.15) is 0 Å². The Morgan fingerprint density at radius 2 is 1.48 bits per heavy atom. The topological polar surface area (TPSA) is 89.3 Å². The fraction of sp³-hybridized carbons (Fsp3) is 0.133. The van der Waals surface area contributed by atoms with Crippen molar-refractivity contribution in [1.29, 1.82) is 0 Å². The van der Waals surface area contributed by atoms with Gasteiger partial charge in [0.25, 0.3) is 0 Å². The third kappa shape index (κ3) is 5.49. The second-order valence-corrected chi connectivity index (χ2v) is 8.87. The van der Waals surface area contributed by atoms with Crippen molar-refractivity contribution in [1.82, 2.24) is 0 Å². The molecule has 2 rings (SSSR count). The maximum atomic E-state index is 11.5. The molecule has 0 fully saturated rings. The van der Waals surface area contributed by atoms with E-state index in [-0.39, 0.29) is 5.75 Å². The summed E-state index contributed by atoms with van der Waals surface area (Å²) in [6.07, 6.45) is 0. The third-order valence-electron chi connectivity index (χ3n) is 2.88. The zero-order valence-corrected chi connectivity index (χ0v) is 14.8. The average Bonchev–Trinajstić information content (AvgIpc) is 2.54. The van der Waals surface area contributed by atoms with Crippen LogP contribution in [0.5, 0.6) is 0 Å². The first-order chi connectivity index (χ1) is 10.9. The highest BCUT2D eigenvalue weighted by Gasteiger charge is 2.06. The Morgan fingerprint density at radius 1 is 1.00 bits per heavy atom. The summed E-state index contributed by atoms with van der Waals surface area (Å²) in [4.78, 5) is 13.0. The molecule has 0 spiro atoms. The molecule has 2 aromatic rings. The van der Waals surface area contributed by atoms with E-state index in [2.05, 4.69) is 4.72 Å². The molecule has 0 heterocycles. The highest BCUT2D eigenvalue weighted by Crippen LogP contribution is 2.37. The molecule has 0 bridgehead atoms. The summed E-state index contributed by atoms with van der Waals surface area (Å²) < 4.78 is 25.5. The Morgan fingerprint density at radius 3 is 1.91 bits per heavy atom. The van der Waals surface area contributed by atoms with Gasteiger partial charge in [-0.1, -0.05) is 21.6 Å². The Bertz CT molecular complexity index is 773. The fourth-order valence-electron chi connectivity index (χ4n) is 1.60. The van der Waals surface area contributed by atoms with E-state index in [1.165, 1.54) is 0 Å². The highest BCUT2D eigenvalue weighted by molar-refractivity contribution is 8.76. The van der Waals surface area contributed by atoms with Crippen LogP contribution in [0.15, 0.2) is 58.3 Å². The number of sulfonamides is 1. The summed E-state index contributed by atoms with van der Waals surface area (Å²) in [6.45, 7) is 1.59. The molecule has 23 heavy (non-hydrogen) atoms. The molecule has 0 atom stereocenters. The molecule has 3 N–H and O–H groups in total. The number of primary amides is 1. The van der Waals surface area contributed by atoms with Crippen molar-refractivity contribution >= 4 is 43.2 Å². The van der Waals surface area contributed by atoms with Crippen LogP contribution in [0.2, 0.25) is 0 Å². The maximum absolute atomic E-state index is 11.5. The predicted octanol–water partition coefficient (Wildman–Crippen LogP) is 3.35. The molecule has 5 nitrogen and oxygen atoms in total. The van der Waals surface area contributed by atoms with Gasteiger partial charge in [0.15, 0.2) is 0 Å². The second kappa shape index (κ2) is 7.76. The van der Waals surface area contributed by atoms with Crippen LogP contribution in [0.3, 0.4) is 0 Å². The minimum atomic E-state index is -3.25. The smallest absolute Gasteiger partial charge is 0.248 e. The van der Waals surface area contributed by atoms with Gasteiger partial charge in [0, 0.05) is 21.0 Å². The van der Waals surface area contributed by atoms with Crippen LogP contribution < -0.4 is 10.5 Å². The van der Waals surface area contributed by atoms with Gasteiger partial charge >= 0.3 is 0 Å². The van der Waals surface area contributed by atoms with Crippen molar-refractivity contribution in [3.05, 3.63) is 54.1 Å². The Labute approximate surface area is 143 Å². The van der Waals surface area contributed by atoms with Crippen molar-refractivity contribution in [3.63, 3.8) is 0 Å². The number of hydrogen-bond acceptors (Lipinski definition) is 5. The van der Waals surface area contributed by atoms with E-state index in [1.807, 2.05) is 24.3 Å². The number of rotatable bonds is 7. The van der Waals surface area contributed by atoms with E-state index >= 15 is 0 Å². The lowest BCUT2D eigenvalue weighted by molar-refractivity contribution is 0.1000. The Balaban J connectivity index is 1.95. The second-order valence-electron chi connectivity index (χ2n) is 4.59. The van der Waals surface area contributed by atoms with E-state index < -0.39 is 15.9 Å². The summed E-state index contributed by atoms with van der Waals surface area (Å²) in [5.41, 5.74) is 6.22. The summed E-state index contributed by atoms with van der Waals surface area (Å²) in [7, 11) is -0.165. The quantitative estimate of drug-likeness (QED) is 0.732. The molecule has 0 aliphatic heterocycles. The number of carbonyl (C=O) groups is 1. The largest absolute Gasteiger partial charge is 0.366 e. The number of carbonyl (C=O) groups excluding carboxylic acids is 1. The number of hydrogen-bond donors (Lipinski definition) is 2. The summed E-state index contributed by atoms with van der Waals surface area (Å²) in [6, 6.07) is 14.2. The first-order valence-corrected chi connectivity index (χ1v) is 10.5. The van der Waals surface area contributed by atoms with Crippen LogP contribution in [0, 0.1) is 0 Å². The SMILES string of the molecule is CCS(=O)(=O)Nc1ccc(SSc2ccc(C(N)=O)cc2)cc1. The van der Waals surface area contributed by atoms with Crippen molar-refractivity contribution in [2.75, 3.05) is 10.5 Å². The van der Waals surface area contributed by atoms with Gasteiger partial charge < -0.3 is 5.73 Å². The van der Waals surface area contributed by atoms with Gasteiger partial charge in [0.1, 0.15) is 0 Å². The summed E-state index contributed by atoms with van der Waals surface area (Å²) in [5, 5.41) is 0. The number of anilines is 1. The monoisotopic (exact) mass is 368 g/mol. The number of amides is 1. The average molecular weight is 369 g/mol. The normalized spacial score (nSPS) is 11.2. The lowest BCUT2D eigenvalue weighted by atomic mass is 10.2. The third-order valence-corrected chi connectivity index (χ3v) is 6.60. The number of benzene rings is 2. The molecule has 0 saturated carbocycles. The van der Waals surface area contributed by atoms with Crippen LogP contribution in [0.25, 0.3) is 0 Å². The molecular formula is C15H16N2O3S3. The van der Waals surface area contributed by atoms with E-state index in [4.69, 9.17) is 5.73 Å². The standard InChI is InChI=1S/C15H16N2O3S3/c1-2-23(19,20)17-12-5-9-14(10-6-12)22-21-13-7-3-11(4-8-13)15(16)18/h3-10,17H,2H2,1H3,(H2,16,18). The zero-order chi connectivity index (χ0) is 16.9. The summed E-state index contributed by atoms with van der Waals surface area (Å²) in [5.74, 6) is -0.403. The zero-order valence-electron chi connectivity index (χ0n) is 12.4. The fourth-order valence-corrected chi connectivity index (χ4v) is 4.17. The molecule has 1 amide bonds. The Hall–Kier alpha value is -1.64. The van der Waals surface area contributed by atoms with Crippen molar-refractivity contribution in [2.24, 2.45) is 5.73 Å². The van der Waals surface area contributed by atoms with E-state index in [0.29, 0.717) is 11.3 Å². The van der Waals surface area contributed by atoms with Crippen molar-refractivity contribution in [3.8, 4) is 0 Å². The first kappa shape index (κ1) is 17.7. The Kier molecular flexibility index (Phi) is 5.97. The van der Waals surface area contributed by atoms with Crippen molar-refractivity contribution in [2.45, 2.75) is 16.7 Å². The molecule has 0 unspecified atom stereocenters. The van der Waals surface area contributed by atoms with Crippen LogP contribution in [-0.4, -0.2) is 20.1 Å². The molecule has 0 aliphatic carbocycles. The van der Waals surface area contributed by atoms with Gasteiger partial charge in [-0.25, -0.2) is 8.42 Å². The minimum absolute atomic E-state index is 0.0423. The van der Waals surface area contributed by atoms with Gasteiger partial charge in [-0.05, 0) is 55.5 Å². The molecule has 8 heteroatoms. The van der Waals surface area contributed by atoms with Crippen molar-refractivity contribution < 1.29 is 13.2 Å². The van der Waals surface area contributed by atoms with Crippen LogP contribution >= 0.6 is 21.6 Å². The lowest BCUT2D eigenvalue weighted by Gasteiger charge is -2.07. The molecule has 0 radical (unpaired) electrons. The molecule has 122 valence electrons. The lowest BCUT2D eigenvalue weighted by Crippen LogP contribution is -2.14. The molecule has 0 aliphatic rings. The van der Waals surface area contributed by atoms with Gasteiger partial charge in [0.2, 0.25) is 15.9 Å². The van der Waals surface area contributed by atoms with E-state index in [1.54, 1.807) is 52.8 Å². The molecule has 0 saturated heterocycles. The van der Waals surface area contributed by atoms with E-state index in [9.17, 15) is 13.2 Å². The van der Waals surface area contributed by atoms with E-state index in [0.717, 1.165) is 9.79 Å². The van der Waals surface area contributed by atoms with Crippen LogP contribution in [-0.2, 0) is 10.0 Å². The molecular weight excluding hydrogens is 352 g/mol. The predicted molar refractivity (Wildman–Crippen MR) is 96.2 cm³/mol. The van der Waals surface area contributed by atoms with Crippen LogP contribution in [0.1, 0.15) is 17.3 Å².